The number of carbonyl (C=O) groups excluding carboxylic acids is 1. The Hall–Kier alpha value is -1.77. The summed E-state index contributed by atoms with van der Waals surface area (Å²) in [6.07, 6.45) is 2.95. The number of methoxy groups -OCH3 is 1. The van der Waals surface area contributed by atoms with Crippen molar-refractivity contribution in [2.24, 2.45) is 5.73 Å². The van der Waals surface area contributed by atoms with Gasteiger partial charge in [0.05, 0.1) is 7.11 Å². The average Bonchev–Trinajstić information content (AvgIpc) is 2.15. The van der Waals surface area contributed by atoms with E-state index in [0.717, 1.165) is 16.9 Å². The number of aryl methyl sites for hydroxylation is 1. The van der Waals surface area contributed by atoms with Crippen LogP contribution in [0.3, 0.4) is 0 Å². The van der Waals surface area contributed by atoms with Crippen molar-refractivity contribution in [2.45, 2.75) is 6.92 Å². The summed E-state index contributed by atoms with van der Waals surface area (Å²) in [4.78, 5) is 10.5. The quantitative estimate of drug-likeness (QED) is 0.736. The van der Waals surface area contributed by atoms with Gasteiger partial charge in [-0.25, -0.2) is 0 Å². The minimum Gasteiger partial charge on any atom is -0.496 e. The summed E-state index contributed by atoms with van der Waals surface area (Å²) in [7, 11) is 1.59. The van der Waals surface area contributed by atoms with Gasteiger partial charge in [0, 0.05) is 11.6 Å². The smallest absolute Gasteiger partial charge is 0.241 e. The number of carbonyl (C=O) groups is 1. The summed E-state index contributed by atoms with van der Waals surface area (Å²) in [5.41, 5.74) is 6.95. The molecule has 0 bridgehead atoms. The van der Waals surface area contributed by atoms with Crippen LogP contribution in [0.25, 0.3) is 6.08 Å². The lowest BCUT2D eigenvalue weighted by molar-refractivity contribution is -0.113. The number of amides is 1. The second-order valence-corrected chi connectivity index (χ2v) is 2.98. The molecule has 14 heavy (non-hydrogen) atoms. The van der Waals surface area contributed by atoms with E-state index in [1.165, 1.54) is 6.08 Å². The largest absolute Gasteiger partial charge is 0.496 e. The number of ether oxygens (including phenoxy) is 1. The Bertz CT molecular complexity index is 370. The van der Waals surface area contributed by atoms with Gasteiger partial charge in [-0.05, 0) is 24.6 Å². The Morgan fingerprint density at radius 2 is 2.21 bits per heavy atom. The van der Waals surface area contributed by atoms with Crippen LogP contribution in [-0.2, 0) is 4.79 Å². The summed E-state index contributed by atoms with van der Waals surface area (Å²) >= 11 is 0. The van der Waals surface area contributed by atoms with Crippen molar-refractivity contribution in [3.8, 4) is 5.75 Å². The van der Waals surface area contributed by atoms with Gasteiger partial charge in [-0.3, -0.25) is 4.79 Å². The second-order valence-electron chi connectivity index (χ2n) is 2.98. The lowest BCUT2D eigenvalue weighted by Crippen LogP contribution is -2.05. The maximum atomic E-state index is 10.5. The predicted molar refractivity (Wildman–Crippen MR) is 56.0 cm³/mol. The molecule has 0 unspecified atom stereocenters. The molecule has 1 rings (SSSR count). The van der Waals surface area contributed by atoms with Crippen LogP contribution in [0.15, 0.2) is 24.3 Å². The fourth-order valence-electron chi connectivity index (χ4n) is 1.13. The van der Waals surface area contributed by atoms with E-state index >= 15 is 0 Å². The molecule has 0 saturated carbocycles. The molecule has 0 aromatic heterocycles. The van der Waals surface area contributed by atoms with Crippen LogP contribution in [0, 0.1) is 6.92 Å². The van der Waals surface area contributed by atoms with Crippen molar-refractivity contribution in [3.05, 3.63) is 35.4 Å². The number of nitrogens with two attached hydrogens (primary N) is 1. The highest BCUT2D eigenvalue weighted by Crippen LogP contribution is 2.20. The Morgan fingerprint density at radius 1 is 1.50 bits per heavy atom. The van der Waals surface area contributed by atoms with Crippen molar-refractivity contribution in [2.75, 3.05) is 7.11 Å². The Labute approximate surface area is 83.2 Å². The first-order valence-corrected chi connectivity index (χ1v) is 4.25. The van der Waals surface area contributed by atoms with Gasteiger partial charge in [0.2, 0.25) is 5.91 Å². The van der Waals surface area contributed by atoms with E-state index < -0.39 is 5.91 Å². The zero-order valence-electron chi connectivity index (χ0n) is 8.28. The molecule has 0 radical (unpaired) electrons. The fourth-order valence-corrected chi connectivity index (χ4v) is 1.13. The third kappa shape index (κ3) is 2.62. The first-order valence-electron chi connectivity index (χ1n) is 4.25. The summed E-state index contributed by atoms with van der Waals surface area (Å²) in [5.74, 6) is 0.273. The topological polar surface area (TPSA) is 52.3 Å². The molecule has 3 nitrogen and oxygen atoms in total. The van der Waals surface area contributed by atoms with Gasteiger partial charge in [-0.2, -0.15) is 0 Å². The standard InChI is InChI=1S/C11H13NO2/c1-8-3-4-9(5-6-11(12)13)10(7-8)14-2/h3-7H,1-2H3,(H2,12,13)/b6-5-. The van der Waals surface area contributed by atoms with Crippen molar-refractivity contribution in [1.29, 1.82) is 0 Å². The van der Waals surface area contributed by atoms with Crippen molar-refractivity contribution in [3.63, 3.8) is 0 Å². The molecule has 2 N–H and O–H groups in total. The molecule has 0 aliphatic rings. The monoisotopic (exact) mass is 191 g/mol. The van der Waals surface area contributed by atoms with Crippen molar-refractivity contribution >= 4 is 12.0 Å². The highest BCUT2D eigenvalue weighted by Gasteiger charge is 1.99. The van der Waals surface area contributed by atoms with E-state index in [4.69, 9.17) is 10.5 Å². The zero-order chi connectivity index (χ0) is 10.6. The molecule has 74 valence electrons. The molecule has 0 atom stereocenters. The van der Waals surface area contributed by atoms with E-state index in [-0.39, 0.29) is 0 Å². The van der Waals surface area contributed by atoms with Crippen LogP contribution < -0.4 is 10.5 Å². The van der Waals surface area contributed by atoms with E-state index in [2.05, 4.69) is 0 Å². The minimum atomic E-state index is -0.465. The molecule has 0 heterocycles. The highest BCUT2D eigenvalue weighted by molar-refractivity contribution is 5.90. The van der Waals surface area contributed by atoms with Crippen LogP contribution in [-0.4, -0.2) is 13.0 Å². The number of hydrogen-bond acceptors (Lipinski definition) is 2. The molecule has 3 heteroatoms. The fraction of sp³-hybridized carbons (Fsp3) is 0.182. The zero-order valence-corrected chi connectivity index (χ0v) is 8.28. The number of benzene rings is 1. The van der Waals surface area contributed by atoms with E-state index in [0.29, 0.717) is 0 Å². The molecule has 0 aliphatic carbocycles. The Kier molecular flexibility index (Phi) is 3.29. The third-order valence-corrected chi connectivity index (χ3v) is 1.82. The molecule has 0 fully saturated rings. The van der Waals surface area contributed by atoms with Gasteiger partial charge in [-0.15, -0.1) is 0 Å². The second kappa shape index (κ2) is 4.46. The maximum Gasteiger partial charge on any atom is 0.241 e. The summed E-state index contributed by atoms with van der Waals surface area (Å²) in [6, 6.07) is 5.73. The predicted octanol–water partition coefficient (Wildman–Crippen LogP) is 1.50. The van der Waals surface area contributed by atoms with Crippen molar-refractivity contribution < 1.29 is 9.53 Å². The summed E-state index contributed by atoms with van der Waals surface area (Å²) in [5, 5.41) is 0. The molecule has 1 aromatic carbocycles. The van der Waals surface area contributed by atoms with Gasteiger partial charge in [0.1, 0.15) is 5.75 Å². The van der Waals surface area contributed by atoms with E-state index in [1.54, 1.807) is 13.2 Å². The van der Waals surface area contributed by atoms with E-state index in [1.807, 2.05) is 25.1 Å². The van der Waals surface area contributed by atoms with Crippen molar-refractivity contribution in [1.82, 2.24) is 0 Å². The lowest BCUT2D eigenvalue weighted by atomic mass is 10.1. The molecule has 0 saturated heterocycles. The van der Waals surface area contributed by atoms with Gasteiger partial charge < -0.3 is 10.5 Å². The molecule has 1 amide bonds. The number of rotatable bonds is 3. The van der Waals surface area contributed by atoms with Gasteiger partial charge in [-0.1, -0.05) is 12.1 Å². The first-order chi connectivity index (χ1) is 6.63. The van der Waals surface area contributed by atoms with Gasteiger partial charge in [0.25, 0.3) is 0 Å². The normalized spacial score (nSPS) is 10.4. The van der Waals surface area contributed by atoms with Crippen LogP contribution >= 0.6 is 0 Å². The summed E-state index contributed by atoms with van der Waals surface area (Å²) in [6.45, 7) is 1.98. The maximum absolute atomic E-state index is 10.5. The van der Waals surface area contributed by atoms with Crippen LogP contribution in [0.2, 0.25) is 0 Å². The molecule has 0 aliphatic heterocycles. The molecular formula is C11H13NO2. The number of hydrogen-bond donors (Lipinski definition) is 1. The minimum absolute atomic E-state index is 0.465. The summed E-state index contributed by atoms with van der Waals surface area (Å²) < 4.78 is 5.16. The lowest BCUT2D eigenvalue weighted by Gasteiger charge is -2.05. The molecule has 0 spiro atoms. The highest BCUT2D eigenvalue weighted by atomic mass is 16.5. The Balaban J connectivity index is 3.02. The number of primary amides is 1. The SMILES string of the molecule is COc1cc(C)ccc1/C=C\C(N)=O. The van der Waals surface area contributed by atoms with Crippen LogP contribution in [0.5, 0.6) is 5.75 Å². The van der Waals surface area contributed by atoms with E-state index in [9.17, 15) is 4.79 Å². The third-order valence-electron chi connectivity index (χ3n) is 1.82. The van der Waals surface area contributed by atoms with Gasteiger partial charge in [0.15, 0.2) is 0 Å². The first kappa shape index (κ1) is 10.3. The molecular weight excluding hydrogens is 178 g/mol. The van der Waals surface area contributed by atoms with Crippen LogP contribution in [0.1, 0.15) is 11.1 Å². The molecule has 1 aromatic rings. The average molecular weight is 191 g/mol. The van der Waals surface area contributed by atoms with Crippen LogP contribution in [0.4, 0.5) is 0 Å². The Morgan fingerprint density at radius 3 is 2.79 bits per heavy atom. The van der Waals surface area contributed by atoms with Gasteiger partial charge >= 0.3 is 0 Å².